The van der Waals surface area contributed by atoms with Gasteiger partial charge in [-0.05, 0) is 70.4 Å². The largest absolute Gasteiger partial charge is 0.507 e. The first-order chi connectivity index (χ1) is 15.2. The van der Waals surface area contributed by atoms with E-state index >= 15 is 0 Å². The molecule has 4 rings (SSSR count). The van der Waals surface area contributed by atoms with Crippen LogP contribution in [0.1, 0.15) is 39.2 Å². The molecule has 7 nitrogen and oxygen atoms in total. The van der Waals surface area contributed by atoms with Gasteiger partial charge in [0.05, 0.1) is 11.1 Å². The van der Waals surface area contributed by atoms with Crippen molar-refractivity contribution in [1.29, 1.82) is 0 Å². The molecule has 2 N–H and O–H groups in total. The summed E-state index contributed by atoms with van der Waals surface area (Å²) in [6.07, 6.45) is 1.40. The van der Waals surface area contributed by atoms with E-state index in [1.807, 2.05) is 52.0 Å². The maximum Gasteiger partial charge on any atom is 0.407 e. The van der Waals surface area contributed by atoms with Gasteiger partial charge in [-0.15, -0.1) is 0 Å². The number of aromatic nitrogens is 2. The molecule has 1 unspecified atom stereocenters. The van der Waals surface area contributed by atoms with Crippen LogP contribution in [0, 0.1) is 6.92 Å². The number of hydrogen-bond acceptors (Lipinski definition) is 6. The van der Waals surface area contributed by atoms with E-state index in [1.165, 1.54) is 0 Å². The molecular weight excluding hydrogens is 404 g/mol. The van der Waals surface area contributed by atoms with Gasteiger partial charge in [0, 0.05) is 24.5 Å². The van der Waals surface area contributed by atoms with Crippen molar-refractivity contribution in [3.05, 3.63) is 48.0 Å². The maximum atomic E-state index is 12.3. The SMILES string of the molecule is Cc1ccc2c(N3CCCC(NC(=O)OC(C)(C)C)C3)nc(-c3ccccc3O)nc2c1. The third-order valence-electron chi connectivity index (χ3n) is 5.42. The van der Waals surface area contributed by atoms with Crippen molar-refractivity contribution in [1.82, 2.24) is 15.3 Å². The van der Waals surface area contributed by atoms with Gasteiger partial charge in [-0.2, -0.15) is 0 Å². The smallest absolute Gasteiger partial charge is 0.407 e. The number of benzene rings is 2. The van der Waals surface area contributed by atoms with Gasteiger partial charge < -0.3 is 20.1 Å². The minimum absolute atomic E-state index is 0.0392. The predicted molar refractivity (Wildman–Crippen MR) is 126 cm³/mol. The summed E-state index contributed by atoms with van der Waals surface area (Å²) in [7, 11) is 0. The summed E-state index contributed by atoms with van der Waals surface area (Å²) in [4.78, 5) is 24.1. The van der Waals surface area contributed by atoms with Crippen LogP contribution in [-0.4, -0.2) is 45.9 Å². The molecule has 1 fully saturated rings. The number of rotatable bonds is 3. The zero-order valence-electron chi connectivity index (χ0n) is 19.1. The van der Waals surface area contributed by atoms with E-state index in [2.05, 4.69) is 16.3 Å². The number of carbonyl (C=O) groups is 1. The highest BCUT2D eigenvalue weighted by atomic mass is 16.6. The number of ether oxygens (including phenoxy) is 1. The summed E-state index contributed by atoms with van der Waals surface area (Å²) in [5.41, 5.74) is 1.99. The topological polar surface area (TPSA) is 87.6 Å². The summed E-state index contributed by atoms with van der Waals surface area (Å²) in [5.74, 6) is 1.44. The van der Waals surface area contributed by atoms with Crippen molar-refractivity contribution in [2.75, 3.05) is 18.0 Å². The van der Waals surface area contributed by atoms with E-state index in [1.54, 1.807) is 12.1 Å². The Hall–Kier alpha value is -3.35. The molecule has 32 heavy (non-hydrogen) atoms. The molecule has 0 bridgehead atoms. The van der Waals surface area contributed by atoms with Gasteiger partial charge in [-0.3, -0.25) is 0 Å². The Bertz CT molecular complexity index is 1140. The molecule has 1 aromatic heterocycles. The quantitative estimate of drug-likeness (QED) is 0.615. The number of aromatic hydroxyl groups is 1. The lowest BCUT2D eigenvalue weighted by molar-refractivity contribution is 0.0500. The summed E-state index contributed by atoms with van der Waals surface area (Å²) < 4.78 is 5.43. The first-order valence-electron chi connectivity index (χ1n) is 11.0. The first-order valence-corrected chi connectivity index (χ1v) is 11.0. The number of alkyl carbamates (subject to hydrolysis) is 1. The molecule has 0 saturated carbocycles. The van der Waals surface area contributed by atoms with Gasteiger partial charge in [-0.1, -0.05) is 18.2 Å². The van der Waals surface area contributed by atoms with Crippen LogP contribution >= 0.6 is 0 Å². The highest BCUT2D eigenvalue weighted by molar-refractivity contribution is 5.92. The van der Waals surface area contributed by atoms with Gasteiger partial charge >= 0.3 is 6.09 Å². The van der Waals surface area contributed by atoms with Gasteiger partial charge in [0.1, 0.15) is 17.2 Å². The fourth-order valence-corrected chi connectivity index (χ4v) is 4.01. The minimum Gasteiger partial charge on any atom is -0.507 e. The summed E-state index contributed by atoms with van der Waals surface area (Å²) in [5, 5.41) is 14.3. The second-order valence-electron chi connectivity index (χ2n) is 9.34. The van der Waals surface area contributed by atoms with Crippen LogP contribution < -0.4 is 10.2 Å². The van der Waals surface area contributed by atoms with Crippen LogP contribution in [0.5, 0.6) is 5.75 Å². The van der Waals surface area contributed by atoms with E-state index in [4.69, 9.17) is 14.7 Å². The van der Waals surface area contributed by atoms with Crippen LogP contribution in [0.15, 0.2) is 42.5 Å². The average molecular weight is 435 g/mol. The van der Waals surface area contributed by atoms with Crippen molar-refractivity contribution in [3.63, 3.8) is 0 Å². The van der Waals surface area contributed by atoms with Gasteiger partial charge in [-0.25, -0.2) is 14.8 Å². The van der Waals surface area contributed by atoms with Gasteiger partial charge in [0.15, 0.2) is 5.82 Å². The molecule has 1 saturated heterocycles. The second kappa shape index (κ2) is 8.65. The molecule has 1 atom stereocenters. The van der Waals surface area contributed by atoms with Gasteiger partial charge in [0.2, 0.25) is 0 Å². The number of anilines is 1. The molecule has 1 aliphatic rings. The Kier molecular flexibility index (Phi) is 5.91. The van der Waals surface area contributed by atoms with E-state index in [0.29, 0.717) is 17.9 Å². The number of para-hydroxylation sites is 1. The lowest BCUT2D eigenvalue weighted by atomic mass is 10.0. The van der Waals surface area contributed by atoms with Crippen LogP contribution in [0.2, 0.25) is 0 Å². The molecule has 0 radical (unpaired) electrons. The molecule has 2 heterocycles. The molecule has 1 aliphatic heterocycles. The third kappa shape index (κ3) is 4.93. The van der Waals surface area contributed by atoms with Crippen LogP contribution in [0.4, 0.5) is 10.6 Å². The number of nitrogens with zero attached hydrogens (tertiary/aromatic N) is 3. The number of carbonyl (C=O) groups excluding carboxylic acids is 1. The molecule has 1 amide bonds. The number of hydrogen-bond donors (Lipinski definition) is 2. The Morgan fingerprint density at radius 1 is 1.19 bits per heavy atom. The second-order valence-corrected chi connectivity index (χ2v) is 9.34. The predicted octanol–water partition coefficient (Wildman–Crippen LogP) is 4.80. The number of aryl methyl sites for hydroxylation is 1. The summed E-state index contributed by atoms with van der Waals surface area (Å²) in [6.45, 7) is 9.05. The zero-order chi connectivity index (χ0) is 22.9. The number of nitrogens with one attached hydrogen (secondary N) is 1. The molecule has 0 spiro atoms. The summed E-state index contributed by atoms with van der Waals surface area (Å²) >= 11 is 0. The Balaban J connectivity index is 1.68. The molecule has 3 aromatic rings. The third-order valence-corrected chi connectivity index (χ3v) is 5.42. The number of fused-ring (bicyclic) bond motifs is 1. The van der Waals surface area contributed by atoms with Crippen LogP contribution in [-0.2, 0) is 4.74 Å². The fraction of sp³-hybridized carbons (Fsp3) is 0.400. The summed E-state index contributed by atoms with van der Waals surface area (Å²) in [6, 6.07) is 13.2. The standard InChI is InChI=1S/C25H30N4O3/c1-16-11-12-18-20(14-16)27-22(19-9-5-6-10-21(19)30)28-23(18)29-13-7-8-17(15-29)26-24(31)32-25(2,3)4/h5-6,9-12,14,17,30H,7-8,13,15H2,1-4H3,(H,26,31). The first kappa shape index (κ1) is 21.9. The average Bonchev–Trinajstić information content (AvgIpc) is 2.72. The van der Waals surface area contributed by atoms with Gasteiger partial charge in [0.25, 0.3) is 0 Å². The van der Waals surface area contributed by atoms with Crippen molar-refractivity contribution in [2.45, 2.75) is 52.2 Å². The number of phenolic OH excluding ortho intramolecular Hbond substituents is 1. The molecule has 7 heteroatoms. The van der Waals surface area contributed by atoms with E-state index in [9.17, 15) is 9.90 Å². The van der Waals surface area contributed by atoms with Crippen LogP contribution in [0.25, 0.3) is 22.3 Å². The minimum atomic E-state index is -0.536. The lowest BCUT2D eigenvalue weighted by Gasteiger charge is -2.35. The molecular formula is C25H30N4O3. The van der Waals surface area contributed by atoms with Crippen molar-refractivity contribution in [2.24, 2.45) is 0 Å². The van der Waals surface area contributed by atoms with Crippen molar-refractivity contribution >= 4 is 22.8 Å². The lowest BCUT2D eigenvalue weighted by Crippen LogP contribution is -2.49. The fourth-order valence-electron chi connectivity index (χ4n) is 4.01. The Morgan fingerprint density at radius 3 is 2.72 bits per heavy atom. The normalized spacial score (nSPS) is 16.8. The molecule has 168 valence electrons. The van der Waals surface area contributed by atoms with Crippen LogP contribution in [0.3, 0.4) is 0 Å². The Labute approximate surface area is 188 Å². The zero-order valence-corrected chi connectivity index (χ0v) is 19.1. The maximum absolute atomic E-state index is 12.3. The van der Waals surface area contributed by atoms with E-state index in [0.717, 1.165) is 41.7 Å². The number of phenols is 1. The van der Waals surface area contributed by atoms with Crippen molar-refractivity contribution in [3.8, 4) is 17.1 Å². The Morgan fingerprint density at radius 2 is 1.97 bits per heavy atom. The molecule has 0 aliphatic carbocycles. The number of piperidine rings is 1. The number of amides is 1. The highest BCUT2D eigenvalue weighted by Crippen LogP contribution is 2.33. The monoisotopic (exact) mass is 434 g/mol. The highest BCUT2D eigenvalue weighted by Gasteiger charge is 2.26. The van der Waals surface area contributed by atoms with E-state index in [-0.39, 0.29) is 11.8 Å². The molecule has 2 aromatic carbocycles. The van der Waals surface area contributed by atoms with E-state index < -0.39 is 11.7 Å². The van der Waals surface area contributed by atoms with Crippen molar-refractivity contribution < 1.29 is 14.6 Å².